The van der Waals surface area contributed by atoms with Crippen LogP contribution in [0.15, 0.2) is 42.5 Å². The summed E-state index contributed by atoms with van der Waals surface area (Å²) < 4.78 is 13.6. The van der Waals surface area contributed by atoms with E-state index in [0.29, 0.717) is 11.4 Å². The lowest BCUT2D eigenvalue weighted by Crippen LogP contribution is -2.15. The van der Waals surface area contributed by atoms with Gasteiger partial charge in [-0.1, -0.05) is 29.8 Å². The number of aryl methyl sites for hydroxylation is 1. The van der Waals surface area contributed by atoms with E-state index in [-0.39, 0.29) is 17.5 Å². The lowest BCUT2D eigenvalue weighted by atomic mass is 10.2. The molecule has 0 aliphatic carbocycles. The summed E-state index contributed by atoms with van der Waals surface area (Å²) in [6.07, 6.45) is 0. The fourth-order valence-electron chi connectivity index (χ4n) is 2.15. The number of halogens is 1. The lowest BCUT2D eigenvalue weighted by molar-refractivity contribution is -0.114. The Morgan fingerprint density at radius 1 is 1.12 bits per heavy atom. The standard InChI is InChI=1S/C18H19FN2O2S/c1-12-4-3-5-14(8-12)10-24-11-18(23)21-15-6-7-16(19)17(9-15)20-13(2)22/h3-9H,10-11H2,1-2H3,(H,20,22)(H,21,23). The summed E-state index contributed by atoms with van der Waals surface area (Å²) in [7, 11) is 0. The molecule has 0 spiro atoms. The number of carbonyl (C=O) groups is 2. The number of thioether (sulfide) groups is 1. The smallest absolute Gasteiger partial charge is 0.234 e. The molecule has 4 nitrogen and oxygen atoms in total. The van der Waals surface area contributed by atoms with Crippen LogP contribution in [0.25, 0.3) is 0 Å². The summed E-state index contributed by atoms with van der Waals surface area (Å²) in [5.74, 6) is -0.0488. The molecule has 0 fully saturated rings. The monoisotopic (exact) mass is 346 g/mol. The maximum absolute atomic E-state index is 13.6. The van der Waals surface area contributed by atoms with Gasteiger partial charge in [-0.3, -0.25) is 9.59 Å². The predicted octanol–water partition coefficient (Wildman–Crippen LogP) is 3.96. The van der Waals surface area contributed by atoms with Crippen LogP contribution < -0.4 is 10.6 Å². The molecule has 2 rings (SSSR count). The zero-order valence-electron chi connectivity index (χ0n) is 13.6. The largest absolute Gasteiger partial charge is 0.325 e. The summed E-state index contributed by atoms with van der Waals surface area (Å²) in [5, 5.41) is 5.09. The van der Waals surface area contributed by atoms with Gasteiger partial charge in [-0.25, -0.2) is 4.39 Å². The van der Waals surface area contributed by atoms with Crippen molar-refractivity contribution < 1.29 is 14.0 Å². The average Bonchev–Trinajstić information content (AvgIpc) is 2.50. The van der Waals surface area contributed by atoms with E-state index in [1.807, 2.05) is 25.1 Å². The van der Waals surface area contributed by atoms with Crippen molar-refractivity contribution in [2.24, 2.45) is 0 Å². The maximum Gasteiger partial charge on any atom is 0.234 e. The minimum Gasteiger partial charge on any atom is -0.325 e. The van der Waals surface area contributed by atoms with E-state index < -0.39 is 5.82 Å². The van der Waals surface area contributed by atoms with Crippen LogP contribution >= 0.6 is 11.8 Å². The average molecular weight is 346 g/mol. The maximum atomic E-state index is 13.6. The number of amides is 2. The van der Waals surface area contributed by atoms with Gasteiger partial charge >= 0.3 is 0 Å². The number of hydrogen-bond acceptors (Lipinski definition) is 3. The van der Waals surface area contributed by atoms with Gasteiger partial charge < -0.3 is 10.6 Å². The van der Waals surface area contributed by atoms with Crippen molar-refractivity contribution in [3.05, 3.63) is 59.4 Å². The number of benzene rings is 2. The Hall–Kier alpha value is -2.34. The fraction of sp³-hybridized carbons (Fsp3) is 0.222. The Morgan fingerprint density at radius 3 is 2.62 bits per heavy atom. The number of nitrogens with one attached hydrogen (secondary N) is 2. The zero-order valence-corrected chi connectivity index (χ0v) is 14.4. The summed E-state index contributed by atoms with van der Waals surface area (Å²) in [6.45, 7) is 3.33. The van der Waals surface area contributed by atoms with Crippen molar-refractivity contribution in [2.75, 3.05) is 16.4 Å². The molecule has 0 aliphatic rings. The second-order valence-electron chi connectivity index (χ2n) is 5.41. The molecule has 6 heteroatoms. The first kappa shape index (κ1) is 18.0. The van der Waals surface area contributed by atoms with Crippen LogP contribution in [0.3, 0.4) is 0 Å². The van der Waals surface area contributed by atoms with Gasteiger partial charge in [0.15, 0.2) is 0 Å². The molecule has 2 aromatic rings. The minimum atomic E-state index is -0.544. The summed E-state index contributed by atoms with van der Waals surface area (Å²) in [6, 6.07) is 12.2. The first-order valence-electron chi connectivity index (χ1n) is 7.44. The third kappa shape index (κ3) is 5.70. The van der Waals surface area contributed by atoms with Crippen molar-refractivity contribution in [1.82, 2.24) is 0 Å². The van der Waals surface area contributed by atoms with E-state index in [2.05, 4.69) is 16.7 Å². The van der Waals surface area contributed by atoms with Gasteiger partial charge in [0.1, 0.15) is 5.82 Å². The second-order valence-corrected chi connectivity index (χ2v) is 6.39. The predicted molar refractivity (Wildman–Crippen MR) is 96.7 cm³/mol. The molecule has 0 atom stereocenters. The highest BCUT2D eigenvalue weighted by atomic mass is 32.2. The van der Waals surface area contributed by atoms with Crippen LogP contribution in [0, 0.1) is 12.7 Å². The molecule has 0 aromatic heterocycles. The van der Waals surface area contributed by atoms with Gasteiger partial charge in [-0.05, 0) is 30.7 Å². The molecule has 2 aromatic carbocycles. The van der Waals surface area contributed by atoms with E-state index in [1.165, 1.54) is 48.0 Å². The molecular formula is C18H19FN2O2S. The van der Waals surface area contributed by atoms with Gasteiger partial charge in [0.05, 0.1) is 11.4 Å². The van der Waals surface area contributed by atoms with Crippen LogP contribution in [-0.2, 0) is 15.3 Å². The Balaban J connectivity index is 1.87. The number of anilines is 2. The topological polar surface area (TPSA) is 58.2 Å². The van der Waals surface area contributed by atoms with E-state index >= 15 is 0 Å². The van der Waals surface area contributed by atoms with Gasteiger partial charge in [0.25, 0.3) is 0 Å². The Kier molecular flexibility index (Phi) is 6.37. The van der Waals surface area contributed by atoms with Gasteiger partial charge in [0, 0.05) is 18.4 Å². The van der Waals surface area contributed by atoms with E-state index in [4.69, 9.17) is 0 Å². The molecule has 0 saturated heterocycles. The highest BCUT2D eigenvalue weighted by Crippen LogP contribution is 2.20. The van der Waals surface area contributed by atoms with Gasteiger partial charge in [-0.15, -0.1) is 11.8 Å². The first-order valence-corrected chi connectivity index (χ1v) is 8.60. The third-order valence-corrected chi connectivity index (χ3v) is 4.15. The molecule has 126 valence electrons. The SMILES string of the molecule is CC(=O)Nc1cc(NC(=O)CSCc2cccc(C)c2)ccc1F. The highest BCUT2D eigenvalue weighted by molar-refractivity contribution is 7.99. The molecular weight excluding hydrogens is 327 g/mol. The molecule has 0 radical (unpaired) electrons. The molecule has 0 heterocycles. The normalized spacial score (nSPS) is 10.3. The van der Waals surface area contributed by atoms with Crippen LogP contribution in [0.2, 0.25) is 0 Å². The highest BCUT2D eigenvalue weighted by Gasteiger charge is 2.08. The second kappa shape index (κ2) is 8.49. The quantitative estimate of drug-likeness (QED) is 0.832. The number of hydrogen-bond donors (Lipinski definition) is 2. The Bertz CT molecular complexity index is 750. The molecule has 2 N–H and O–H groups in total. The van der Waals surface area contributed by atoms with Gasteiger partial charge in [-0.2, -0.15) is 0 Å². The fourth-order valence-corrected chi connectivity index (χ4v) is 2.92. The Labute approximate surface area is 144 Å². The van der Waals surface area contributed by atoms with Crippen molar-refractivity contribution in [1.29, 1.82) is 0 Å². The van der Waals surface area contributed by atoms with Gasteiger partial charge in [0.2, 0.25) is 11.8 Å². The van der Waals surface area contributed by atoms with Crippen LogP contribution in [0.1, 0.15) is 18.1 Å². The Morgan fingerprint density at radius 2 is 1.92 bits per heavy atom. The minimum absolute atomic E-state index is 0.0488. The number of rotatable bonds is 6. The van der Waals surface area contributed by atoms with Crippen molar-refractivity contribution in [2.45, 2.75) is 19.6 Å². The summed E-state index contributed by atoms with van der Waals surface area (Å²) in [5.41, 5.74) is 2.85. The lowest BCUT2D eigenvalue weighted by Gasteiger charge is -2.09. The summed E-state index contributed by atoms with van der Waals surface area (Å²) >= 11 is 1.50. The molecule has 24 heavy (non-hydrogen) atoms. The van der Waals surface area contributed by atoms with Crippen LogP contribution in [0.4, 0.5) is 15.8 Å². The number of carbonyl (C=O) groups excluding carboxylic acids is 2. The third-order valence-electron chi connectivity index (χ3n) is 3.15. The molecule has 0 unspecified atom stereocenters. The van der Waals surface area contributed by atoms with Crippen molar-refractivity contribution in [3.63, 3.8) is 0 Å². The molecule has 0 bridgehead atoms. The van der Waals surface area contributed by atoms with E-state index in [1.54, 1.807) is 0 Å². The van der Waals surface area contributed by atoms with E-state index in [9.17, 15) is 14.0 Å². The summed E-state index contributed by atoms with van der Waals surface area (Å²) in [4.78, 5) is 23.0. The van der Waals surface area contributed by atoms with Crippen molar-refractivity contribution in [3.8, 4) is 0 Å². The van der Waals surface area contributed by atoms with Crippen LogP contribution in [-0.4, -0.2) is 17.6 Å². The first-order chi connectivity index (χ1) is 11.4. The molecule has 0 saturated carbocycles. The van der Waals surface area contributed by atoms with E-state index in [0.717, 1.165) is 5.75 Å². The van der Waals surface area contributed by atoms with Crippen molar-refractivity contribution >= 4 is 35.0 Å². The molecule has 0 aliphatic heterocycles. The van der Waals surface area contributed by atoms with Crippen LogP contribution in [0.5, 0.6) is 0 Å². The zero-order chi connectivity index (χ0) is 17.5. The molecule has 2 amide bonds.